The molecular weight excluding hydrogens is 360 g/mol. The molecule has 4 rings (SSSR count). The van der Waals surface area contributed by atoms with Crippen LogP contribution < -0.4 is 11.1 Å². The molecule has 0 unspecified atom stereocenters. The first-order valence-corrected chi connectivity index (χ1v) is 8.86. The van der Waals surface area contributed by atoms with Gasteiger partial charge in [0.2, 0.25) is 5.91 Å². The molecule has 1 N–H and O–H groups in total. The molecule has 0 bridgehead atoms. The number of rotatable bonds is 7. The number of nitrogens with one attached hydrogen (secondary N) is 1. The van der Waals surface area contributed by atoms with E-state index < -0.39 is 5.76 Å². The van der Waals surface area contributed by atoms with Gasteiger partial charge in [-0.1, -0.05) is 18.2 Å². The van der Waals surface area contributed by atoms with Crippen molar-refractivity contribution in [2.75, 3.05) is 0 Å². The van der Waals surface area contributed by atoms with Crippen molar-refractivity contribution in [1.29, 1.82) is 0 Å². The van der Waals surface area contributed by atoms with Crippen LogP contribution in [0.4, 0.5) is 0 Å². The van der Waals surface area contributed by atoms with Gasteiger partial charge in [0, 0.05) is 25.7 Å². The summed E-state index contributed by atoms with van der Waals surface area (Å²) >= 11 is 0. The summed E-state index contributed by atoms with van der Waals surface area (Å²) in [6.45, 7) is 0.815. The molecule has 0 radical (unpaired) electrons. The van der Waals surface area contributed by atoms with Crippen LogP contribution in [0.5, 0.6) is 0 Å². The molecule has 1 aromatic carbocycles. The first kappa shape index (κ1) is 17.7. The summed E-state index contributed by atoms with van der Waals surface area (Å²) in [7, 11) is 0. The van der Waals surface area contributed by atoms with Crippen LogP contribution in [0.3, 0.4) is 0 Å². The molecule has 9 heteroatoms. The molecule has 142 valence electrons. The van der Waals surface area contributed by atoms with Crippen LogP contribution in [0.15, 0.2) is 64.5 Å². The lowest BCUT2D eigenvalue weighted by atomic mass is 10.2. The Bertz CT molecular complexity index is 1130. The number of amides is 1. The van der Waals surface area contributed by atoms with Gasteiger partial charge in [-0.3, -0.25) is 9.36 Å². The van der Waals surface area contributed by atoms with Crippen LogP contribution in [-0.2, 0) is 17.9 Å². The molecule has 0 atom stereocenters. The Balaban J connectivity index is 1.27. The average Bonchev–Trinajstić information content (AvgIpc) is 3.35. The number of nitrogens with zero attached hydrogens (tertiary/aromatic N) is 5. The maximum atomic E-state index is 12.1. The van der Waals surface area contributed by atoms with Crippen molar-refractivity contribution in [3.8, 4) is 5.82 Å². The van der Waals surface area contributed by atoms with Crippen LogP contribution >= 0.6 is 0 Å². The maximum absolute atomic E-state index is 12.1. The van der Waals surface area contributed by atoms with E-state index in [1.54, 1.807) is 27.8 Å². The smallest absolute Gasteiger partial charge is 0.408 e. The number of aromatic nitrogens is 5. The van der Waals surface area contributed by atoms with Gasteiger partial charge in [0.05, 0.1) is 5.52 Å². The largest absolute Gasteiger partial charge is 0.419 e. The van der Waals surface area contributed by atoms with E-state index >= 15 is 0 Å². The van der Waals surface area contributed by atoms with Gasteiger partial charge in [0.15, 0.2) is 11.4 Å². The number of carbonyl (C=O) groups excluding carboxylic acids is 1. The van der Waals surface area contributed by atoms with E-state index in [0.717, 1.165) is 11.1 Å². The fraction of sp³-hybridized carbons (Fsp3) is 0.211. The van der Waals surface area contributed by atoms with Gasteiger partial charge in [0.25, 0.3) is 0 Å². The third-order valence-electron chi connectivity index (χ3n) is 4.31. The monoisotopic (exact) mass is 378 g/mol. The van der Waals surface area contributed by atoms with Gasteiger partial charge >= 0.3 is 5.76 Å². The van der Waals surface area contributed by atoms with Gasteiger partial charge in [-0.2, -0.15) is 5.10 Å². The number of para-hydroxylation sites is 2. The Kier molecular flexibility index (Phi) is 4.96. The van der Waals surface area contributed by atoms with Gasteiger partial charge < -0.3 is 9.73 Å². The highest BCUT2D eigenvalue weighted by Crippen LogP contribution is 2.12. The van der Waals surface area contributed by atoms with Gasteiger partial charge in [-0.25, -0.2) is 19.4 Å². The molecule has 9 nitrogen and oxygen atoms in total. The number of pyridine rings is 1. The van der Waals surface area contributed by atoms with Crippen LogP contribution in [0.1, 0.15) is 18.4 Å². The zero-order valence-electron chi connectivity index (χ0n) is 15.0. The van der Waals surface area contributed by atoms with Crippen LogP contribution in [0, 0.1) is 0 Å². The number of hydrogen-bond acceptors (Lipinski definition) is 6. The molecule has 0 saturated carbocycles. The highest BCUT2D eigenvalue weighted by atomic mass is 16.4. The van der Waals surface area contributed by atoms with Crippen molar-refractivity contribution < 1.29 is 9.21 Å². The number of fused-ring (bicyclic) bond motifs is 1. The minimum absolute atomic E-state index is 0.0822. The molecule has 0 aliphatic heterocycles. The van der Waals surface area contributed by atoms with Crippen LogP contribution in [-0.4, -0.2) is 30.2 Å². The second-order valence-corrected chi connectivity index (χ2v) is 6.23. The maximum Gasteiger partial charge on any atom is 0.419 e. The molecule has 0 aliphatic rings. The van der Waals surface area contributed by atoms with Crippen molar-refractivity contribution in [2.45, 2.75) is 25.9 Å². The molecule has 3 aromatic heterocycles. The molecule has 1 amide bonds. The fourth-order valence-corrected chi connectivity index (χ4v) is 2.90. The predicted octanol–water partition coefficient (Wildman–Crippen LogP) is 1.67. The second kappa shape index (κ2) is 7.87. The third kappa shape index (κ3) is 3.83. The molecule has 0 spiro atoms. The van der Waals surface area contributed by atoms with Crippen molar-refractivity contribution in [1.82, 2.24) is 29.6 Å². The Hall–Kier alpha value is -3.75. The van der Waals surface area contributed by atoms with E-state index in [4.69, 9.17) is 4.42 Å². The van der Waals surface area contributed by atoms with Crippen molar-refractivity contribution in [3.05, 3.63) is 71.4 Å². The van der Waals surface area contributed by atoms with Crippen molar-refractivity contribution in [3.63, 3.8) is 0 Å². The number of aryl methyl sites for hydroxylation is 1. The molecule has 0 saturated heterocycles. The van der Waals surface area contributed by atoms with E-state index in [9.17, 15) is 9.59 Å². The van der Waals surface area contributed by atoms with E-state index in [-0.39, 0.29) is 5.91 Å². The normalized spacial score (nSPS) is 11.0. The third-order valence-corrected chi connectivity index (χ3v) is 4.31. The topological polar surface area (TPSA) is 108 Å². The quantitative estimate of drug-likeness (QED) is 0.524. The lowest BCUT2D eigenvalue weighted by Crippen LogP contribution is -2.23. The Morgan fingerprint density at radius 3 is 2.86 bits per heavy atom. The number of carbonyl (C=O) groups is 1. The highest BCUT2D eigenvalue weighted by Gasteiger charge is 2.09. The fourth-order valence-electron chi connectivity index (χ4n) is 2.90. The molecule has 4 aromatic rings. The summed E-state index contributed by atoms with van der Waals surface area (Å²) in [6.07, 6.45) is 5.55. The molecule has 28 heavy (non-hydrogen) atoms. The summed E-state index contributed by atoms with van der Waals surface area (Å²) in [5, 5.41) is 6.87. The van der Waals surface area contributed by atoms with Gasteiger partial charge in [-0.05, 0) is 30.2 Å². The minimum Gasteiger partial charge on any atom is -0.408 e. The summed E-state index contributed by atoms with van der Waals surface area (Å²) in [4.78, 5) is 32.2. The van der Waals surface area contributed by atoms with Crippen molar-refractivity contribution >= 4 is 17.0 Å². The summed E-state index contributed by atoms with van der Waals surface area (Å²) < 4.78 is 8.30. The number of hydrogen-bond donors (Lipinski definition) is 1. The number of benzene rings is 1. The molecular formula is C19H18N6O3. The summed E-state index contributed by atoms with van der Waals surface area (Å²) in [6, 6.07) is 10.9. The van der Waals surface area contributed by atoms with E-state index in [1.807, 2.05) is 30.3 Å². The second-order valence-electron chi connectivity index (χ2n) is 6.23. The average molecular weight is 378 g/mol. The predicted molar refractivity (Wildman–Crippen MR) is 101 cm³/mol. The van der Waals surface area contributed by atoms with Gasteiger partial charge in [0.1, 0.15) is 12.7 Å². The van der Waals surface area contributed by atoms with E-state index in [2.05, 4.69) is 20.4 Å². The van der Waals surface area contributed by atoms with Gasteiger partial charge in [-0.15, -0.1) is 0 Å². The molecule has 0 aliphatic carbocycles. The first-order valence-electron chi connectivity index (χ1n) is 8.86. The molecule has 0 fully saturated rings. The van der Waals surface area contributed by atoms with E-state index in [1.165, 1.54) is 6.33 Å². The van der Waals surface area contributed by atoms with Crippen LogP contribution in [0.2, 0.25) is 0 Å². The lowest BCUT2D eigenvalue weighted by molar-refractivity contribution is -0.121. The zero-order valence-corrected chi connectivity index (χ0v) is 15.0. The lowest BCUT2D eigenvalue weighted by Gasteiger charge is -2.06. The first-order chi connectivity index (χ1) is 13.7. The minimum atomic E-state index is -0.403. The van der Waals surface area contributed by atoms with Crippen molar-refractivity contribution in [2.24, 2.45) is 0 Å². The zero-order chi connectivity index (χ0) is 19.3. The Labute approximate surface area is 159 Å². The standard InChI is InChI=1S/C19H18N6O3/c26-18(6-3-9-24-15-4-1-2-5-16(15)28-19(24)27)22-11-14-7-8-17(21-10-14)25-13-20-12-23-25/h1-2,4-5,7-8,10,12-13H,3,6,9,11H2,(H,22,26). The highest BCUT2D eigenvalue weighted by molar-refractivity contribution is 5.76. The Morgan fingerprint density at radius 1 is 1.18 bits per heavy atom. The van der Waals surface area contributed by atoms with E-state index in [0.29, 0.717) is 37.3 Å². The Morgan fingerprint density at radius 2 is 2.07 bits per heavy atom. The SMILES string of the molecule is O=C(CCCn1c(=O)oc2ccccc21)NCc1ccc(-n2cncn2)nc1. The summed E-state index contributed by atoms with van der Waals surface area (Å²) in [5.74, 6) is 0.173. The number of oxazole rings is 1. The summed E-state index contributed by atoms with van der Waals surface area (Å²) in [5.41, 5.74) is 2.18. The van der Waals surface area contributed by atoms with Crippen LogP contribution in [0.25, 0.3) is 16.9 Å². The molecule has 3 heterocycles.